The van der Waals surface area contributed by atoms with E-state index in [1.165, 1.54) is 0 Å². The minimum Gasteiger partial charge on any atom is -0.357 e. The van der Waals surface area contributed by atoms with Crippen molar-refractivity contribution in [2.24, 2.45) is 14.1 Å². The molecule has 2 aromatic heterocycles. The molecule has 10 heteroatoms. The van der Waals surface area contributed by atoms with Crippen LogP contribution in [0, 0.1) is 0 Å². The van der Waals surface area contributed by atoms with Crippen LogP contribution in [0.1, 0.15) is 28.2 Å². The van der Waals surface area contributed by atoms with Crippen LogP contribution < -0.4 is 0 Å². The number of nitrogens with zero attached hydrogens (tertiary/aromatic N) is 6. The largest absolute Gasteiger partial charge is 0.357 e. The van der Waals surface area contributed by atoms with Crippen LogP contribution in [-0.4, -0.2) is 87.0 Å². The average molecular weight is 549 g/mol. The molecule has 0 aliphatic heterocycles. The van der Waals surface area contributed by atoms with Crippen LogP contribution in [0.25, 0.3) is 0 Å². The molecule has 10 nitrogen and oxygen atoms in total. The SMILES string of the molecule is CN(C)CCOC(O)(c1ccccc1)c1cc(CN(C)CCOC(O)(c2ccccc2)c2ccnn2C)nn1C. The fourth-order valence-corrected chi connectivity index (χ4v) is 4.65. The third kappa shape index (κ3) is 6.67. The van der Waals surface area contributed by atoms with Crippen molar-refractivity contribution in [2.45, 2.75) is 18.1 Å². The summed E-state index contributed by atoms with van der Waals surface area (Å²) in [6, 6.07) is 22.3. The Morgan fingerprint density at radius 1 is 0.750 bits per heavy atom. The van der Waals surface area contributed by atoms with Gasteiger partial charge in [-0.3, -0.25) is 14.3 Å². The third-order valence-corrected chi connectivity index (χ3v) is 6.84. The second-order valence-electron chi connectivity index (χ2n) is 10.2. The number of aromatic nitrogens is 4. The minimum absolute atomic E-state index is 0.258. The Labute approximate surface area is 236 Å². The highest BCUT2D eigenvalue weighted by atomic mass is 16.6. The van der Waals surface area contributed by atoms with Gasteiger partial charge in [0.1, 0.15) is 11.4 Å². The van der Waals surface area contributed by atoms with Crippen molar-refractivity contribution in [2.75, 3.05) is 47.4 Å². The van der Waals surface area contributed by atoms with Crippen molar-refractivity contribution in [1.82, 2.24) is 29.4 Å². The zero-order valence-corrected chi connectivity index (χ0v) is 23.9. The van der Waals surface area contributed by atoms with E-state index in [0.29, 0.717) is 48.8 Å². The summed E-state index contributed by atoms with van der Waals surface area (Å²) < 4.78 is 15.5. The Morgan fingerprint density at radius 2 is 1.30 bits per heavy atom. The first-order chi connectivity index (χ1) is 19.1. The quantitative estimate of drug-likeness (QED) is 0.232. The second-order valence-corrected chi connectivity index (χ2v) is 10.2. The van der Waals surface area contributed by atoms with Crippen LogP contribution in [0.2, 0.25) is 0 Å². The third-order valence-electron chi connectivity index (χ3n) is 6.84. The molecule has 0 saturated carbocycles. The number of aryl methyl sites for hydroxylation is 2. The molecule has 2 unspecified atom stereocenters. The molecule has 0 bridgehead atoms. The maximum absolute atomic E-state index is 11.8. The van der Waals surface area contributed by atoms with E-state index in [2.05, 4.69) is 15.1 Å². The maximum atomic E-state index is 11.8. The highest BCUT2D eigenvalue weighted by Crippen LogP contribution is 2.32. The van der Waals surface area contributed by atoms with Gasteiger partial charge in [0.15, 0.2) is 0 Å². The lowest BCUT2D eigenvalue weighted by atomic mass is 10.0. The summed E-state index contributed by atoms with van der Waals surface area (Å²) in [5.41, 5.74) is 3.14. The van der Waals surface area contributed by atoms with Crippen molar-refractivity contribution in [1.29, 1.82) is 0 Å². The van der Waals surface area contributed by atoms with Crippen molar-refractivity contribution in [3.8, 4) is 0 Å². The van der Waals surface area contributed by atoms with Gasteiger partial charge in [-0.05, 0) is 33.3 Å². The highest BCUT2D eigenvalue weighted by molar-refractivity contribution is 5.31. The topological polar surface area (TPSA) is 101 Å². The fourth-order valence-electron chi connectivity index (χ4n) is 4.65. The van der Waals surface area contributed by atoms with E-state index in [0.717, 1.165) is 5.69 Å². The molecule has 0 amide bonds. The van der Waals surface area contributed by atoms with Crippen molar-refractivity contribution in [3.63, 3.8) is 0 Å². The lowest BCUT2D eigenvalue weighted by Gasteiger charge is -2.30. The molecule has 2 atom stereocenters. The van der Waals surface area contributed by atoms with Gasteiger partial charge in [0.25, 0.3) is 0 Å². The average Bonchev–Trinajstić information content (AvgIpc) is 3.54. The summed E-state index contributed by atoms with van der Waals surface area (Å²) in [6.45, 7) is 2.30. The number of benzene rings is 2. The number of aliphatic hydroxyl groups is 2. The Morgan fingerprint density at radius 3 is 1.82 bits per heavy atom. The Bertz CT molecular complexity index is 1340. The molecule has 2 N–H and O–H groups in total. The van der Waals surface area contributed by atoms with Crippen LogP contribution in [0.4, 0.5) is 0 Å². The standard InChI is InChI=1S/C30H40N6O4/c1-33(2)18-20-39-30(38,25-14-10-7-11-15-25)28-22-26(32-36(28)5)23-34(3)19-21-40-29(37,24-12-8-6-9-13-24)27-16-17-31-35(27)4/h6-17,22,37-38H,18-21,23H2,1-5H3. The zero-order valence-electron chi connectivity index (χ0n) is 23.9. The zero-order chi connectivity index (χ0) is 28.8. The number of ether oxygens (including phenoxy) is 2. The molecule has 0 aliphatic carbocycles. The Hall–Kier alpha value is -3.38. The number of likely N-dealkylation sites (N-methyl/N-ethyl adjacent to an activating group) is 2. The first-order valence-corrected chi connectivity index (χ1v) is 13.3. The predicted octanol–water partition coefficient (Wildman–Crippen LogP) is 2.27. The second kappa shape index (κ2) is 12.9. The van der Waals surface area contributed by atoms with Gasteiger partial charge in [0.2, 0.25) is 11.6 Å². The van der Waals surface area contributed by atoms with Gasteiger partial charge in [-0.2, -0.15) is 10.2 Å². The van der Waals surface area contributed by atoms with Gasteiger partial charge < -0.3 is 24.6 Å². The van der Waals surface area contributed by atoms with E-state index in [4.69, 9.17) is 9.47 Å². The lowest BCUT2D eigenvalue weighted by Crippen LogP contribution is -2.36. The maximum Gasteiger partial charge on any atom is 0.237 e. The molecule has 4 aromatic rings. The molecule has 0 fully saturated rings. The van der Waals surface area contributed by atoms with E-state index in [1.807, 2.05) is 92.8 Å². The van der Waals surface area contributed by atoms with Crippen LogP contribution in [0.5, 0.6) is 0 Å². The summed E-state index contributed by atoms with van der Waals surface area (Å²) in [5.74, 6) is -3.28. The summed E-state index contributed by atoms with van der Waals surface area (Å²) in [7, 11) is 9.46. The molecule has 2 aromatic carbocycles. The summed E-state index contributed by atoms with van der Waals surface area (Å²) in [5, 5.41) is 32.3. The van der Waals surface area contributed by atoms with Gasteiger partial charge in [-0.1, -0.05) is 60.7 Å². The van der Waals surface area contributed by atoms with Crippen LogP contribution in [-0.2, 0) is 41.7 Å². The Kier molecular flexibility index (Phi) is 9.52. The van der Waals surface area contributed by atoms with Crippen LogP contribution in [0.15, 0.2) is 79.0 Å². The fraction of sp³-hybridized carbons (Fsp3) is 0.400. The molecule has 0 radical (unpaired) electrons. The van der Waals surface area contributed by atoms with Gasteiger partial charge >= 0.3 is 0 Å². The normalized spacial score (nSPS) is 14.9. The molecule has 0 saturated heterocycles. The minimum atomic E-state index is -1.64. The summed E-state index contributed by atoms with van der Waals surface area (Å²) in [4.78, 5) is 4.06. The predicted molar refractivity (Wildman–Crippen MR) is 152 cm³/mol. The van der Waals surface area contributed by atoms with Crippen molar-refractivity contribution in [3.05, 3.63) is 107 Å². The molecule has 0 aliphatic rings. The van der Waals surface area contributed by atoms with Crippen molar-refractivity contribution < 1.29 is 19.7 Å². The molecule has 40 heavy (non-hydrogen) atoms. The number of hydrogen-bond acceptors (Lipinski definition) is 8. The highest BCUT2D eigenvalue weighted by Gasteiger charge is 2.37. The number of rotatable bonds is 14. The first-order valence-electron chi connectivity index (χ1n) is 13.3. The Balaban J connectivity index is 1.46. The summed E-state index contributed by atoms with van der Waals surface area (Å²) >= 11 is 0. The van der Waals surface area contributed by atoms with Crippen LogP contribution >= 0.6 is 0 Å². The van der Waals surface area contributed by atoms with E-state index in [1.54, 1.807) is 35.7 Å². The van der Waals surface area contributed by atoms with Gasteiger partial charge in [0, 0.05) is 51.1 Å². The molecule has 4 rings (SSSR count). The van der Waals surface area contributed by atoms with E-state index >= 15 is 0 Å². The van der Waals surface area contributed by atoms with Crippen LogP contribution in [0.3, 0.4) is 0 Å². The molecular weight excluding hydrogens is 508 g/mol. The smallest absolute Gasteiger partial charge is 0.237 e. The van der Waals surface area contributed by atoms with Gasteiger partial charge in [-0.25, -0.2) is 0 Å². The molecule has 2 heterocycles. The first kappa shape index (κ1) is 29.6. The van der Waals surface area contributed by atoms with Crippen molar-refractivity contribution >= 4 is 0 Å². The van der Waals surface area contributed by atoms with E-state index in [9.17, 15) is 10.2 Å². The van der Waals surface area contributed by atoms with Gasteiger partial charge in [-0.15, -0.1) is 0 Å². The van der Waals surface area contributed by atoms with Gasteiger partial charge in [0.05, 0.1) is 18.9 Å². The summed E-state index contributed by atoms with van der Waals surface area (Å²) in [6.07, 6.45) is 1.64. The lowest BCUT2D eigenvalue weighted by molar-refractivity contribution is -0.187. The molecular formula is C30H40N6O4. The molecule has 214 valence electrons. The monoisotopic (exact) mass is 548 g/mol. The van der Waals surface area contributed by atoms with E-state index in [-0.39, 0.29) is 6.61 Å². The molecule has 0 spiro atoms. The number of hydrogen-bond donors (Lipinski definition) is 2. The van der Waals surface area contributed by atoms with E-state index < -0.39 is 11.6 Å².